The number of aryl methyl sites for hydroxylation is 1. The number of rotatable bonds is 6. The van der Waals surface area contributed by atoms with E-state index < -0.39 is 0 Å². The normalized spacial score (nSPS) is 11.7. The molecule has 11 aromatic rings. The molecule has 0 aliphatic heterocycles. The van der Waals surface area contributed by atoms with Crippen LogP contribution >= 0.6 is 0 Å². The highest BCUT2D eigenvalue weighted by Crippen LogP contribution is 2.39. The Morgan fingerprint density at radius 3 is 1.48 bits per heavy atom. The first-order valence-electron chi connectivity index (χ1n) is 19.4. The molecule has 3 nitrogen and oxygen atoms in total. The maximum absolute atomic E-state index is 5.44. The molecular weight excluding hydrogens is 679 g/mol. The first-order chi connectivity index (χ1) is 27.7. The van der Waals surface area contributed by atoms with Gasteiger partial charge >= 0.3 is 0 Å². The highest BCUT2D eigenvalue weighted by Gasteiger charge is 2.18. The summed E-state index contributed by atoms with van der Waals surface area (Å²) in [5.74, 6) is 0. The average molecular weight is 716 g/mol. The number of nitrogens with zero attached hydrogens (tertiary/aromatic N) is 3. The Kier molecular flexibility index (Phi) is 7.46. The molecule has 0 bridgehead atoms. The van der Waals surface area contributed by atoms with Gasteiger partial charge in [-0.05, 0) is 101 Å². The fourth-order valence-corrected chi connectivity index (χ4v) is 8.88. The predicted octanol–water partition coefficient (Wildman–Crippen LogP) is 14.0. The lowest BCUT2D eigenvalue weighted by Gasteiger charge is -2.16. The minimum Gasteiger partial charge on any atom is -0.309 e. The molecule has 8 aromatic carbocycles. The highest BCUT2D eigenvalue weighted by atomic mass is 15.0. The summed E-state index contributed by atoms with van der Waals surface area (Å²) in [6.45, 7) is 2.23. The van der Waals surface area contributed by atoms with Crippen molar-refractivity contribution in [3.63, 3.8) is 0 Å². The number of para-hydroxylation sites is 4. The molecule has 0 aliphatic rings. The third-order valence-electron chi connectivity index (χ3n) is 11.5. The van der Waals surface area contributed by atoms with Crippen molar-refractivity contribution in [2.75, 3.05) is 0 Å². The molecule has 0 saturated heterocycles. The van der Waals surface area contributed by atoms with Gasteiger partial charge in [0, 0.05) is 43.9 Å². The minimum atomic E-state index is 0.907. The van der Waals surface area contributed by atoms with Crippen LogP contribution in [0.3, 0.4) is 0 Å². The maximum Gasteiger partial charge on any atom is 0.0719 e. The molecule has 3 heterocycles. The minimum absolute atomic E-state index is 0.907. The quantitative estimate of drug-likeness (QED) is 0.168. The second-order valence-electron chi connectivity index (χ2n) is 14.6. The summed E-state index contributed by atoms with van der Waals surface area (Å²) in [5, 5.41) is 6.18. The third-order valence-corrected chi connectivity index (χ3v) is 11.5. The van der Waals surface area contributed by atoms with Gasteiger partial charge in [-0.2, -0.15) is 0 Å². The van der Waals surface area contributed by atoms with Crippen LogP contribution in [-0.4, -0.2) is 14.1 Å². The van der Waals surface area contributed by atoms with Crippen molar-refractivity contribution in [2.45, 2.75) is 13.3 Å². The summed E-state index contributed by atoms with van der Waals surface area (Å²) < 4.78 is 4.78. The van der Waals surface area contributed by atoms with Crippen molar-refractivity contribution < 1.29 is 0 Å². The van der Waals surface area contributed by atoms with E-state index in [2.05, 4.69) is 210 Å². The number of hydrogen-bond acceptors (Lipinski definition) is 1. The van der Waals surface area contributed by atoms with E-state index in [9.17, 15) is 0 Å². The van der Waals surface area contributed by atoms with Gasteiger partial charge in [0.15, 0.2) is 0 Å². The molecule has 11 rings (SSSR count). The number of aromatic nitrogens is 3. The van der Waals surface area contributed by atoms with E-state index in [-0.39, 0.29) is 0 Å². The van der Waals surface area contributed by atoms with Gasteiger partial charge in [0.1, 0.15) is 0 Å². The van der Waals surface area contributed by atoms with Crippen molar-refractivity contribution >= 4 is 54.5 Å². The van der Waals surface area contributed by atoms with Crippen molar-refractivity contribution in [3.05, 3.63) is 200 Å². The average Bonchev–Trinajstić information content (AvgIpc) is 3.79. The highest BCUT2D eigenvalue weighted by molar-refractivity contribution is 6.10. The van der Waals surface area contributed by atoms with E-state index in [1.54, 1.807) is 0 Å². The Morgan fingerprint density at radius 2 is 0.893 bits per heavy atom. The molecule has 264 valence electrons. The van der Waals surface area contributed by atoms with Gasteiger partial charge in [-0.1, -0.05) is 134 Å². The summed E-state index contributed by atoms with van der Waals surface area (Å²) >= 11 is 0. The van der Waals surface area contributed by atoms with Crippen LogP contribution in [0.15, 0.2) is 194 Å². The third kappa shape index (κ3) is 5.09. The SMILES string of the molecule is CCc1ccc(-n2c3ccccc3c3ccccc32)cc1-c1cc(-c2ccccc2)c2cc(-c3cccc(-n4c5ccccc5c5ccccc54)c3)ccc2n1. The van der Waals surface area contributed by atoms with E-state index in [1.165, 1.54) is 65.9 Å². The van der Waals surface area contributed by atoms with Gasteiger partial charge < -0.3 is 9.13 Å². The van der Waals surface area contributed by atoms with E-state index in [4.69, 9.17) is 4.98 Å². The number of hydrogen-bond donors (Lipinski definition) is 0. The van der Waals surface area contributed by atoms with Crippen molar-refractivity contribution in [1.29, 1.82) is 0 Å². The van der Waals surface area contributed by atoms with Crippen molar-refractivity contribution in [2.24, 2.45) is 0 Å². The summed E-state index contributed by atoms with van der Waals surface area (Å²) in [4.78, 5) is 5.44. The van der Waals surface area contributed by atoms with Gasteiger partial charge in [0.05, 0.1) is 33.3 Å². The van der Waals surface area contributed by atoms with Crippen LogP contribution in [0.4, 0.5) is 0 Å². The van der Waals surface area contributed by atoms with Gasteiger partial charge in [-0.15, -0.1) is 0 Å². The van der Waals surface area contributed by atoms with Crippen LogP contribution in [0, 0.1) is 0 Å². The monoisotopic (exact) mass is 715 g/mol. The molecule has 0 spiro atoms. The zero-order valence-corrected chi connectivity index (χ0v) is 31.0. The molecule has 0 aliphatic carbocycles. The van der Waals surface area contributed by atoms with E-state index in [0.29, 0.717) is 0 Å². The second-order valence-corrected chi connectivity index (χ2v) is 14.6. The van der Waals surface area contributed by atoms with Gasteiger partial charge in [0.2, 0.25) is 0 Å². The summed E-state index contributed by atoms with van der Waals surface area (Å²) in [7, 11) is 0. The Balaban J connectivity index is 1.08. The predicted molar refractivity (Wildman–Crippen MR) is 236 cm³/mol. The zero-order valence-electron chi connectivity index (χ0n) is 31.0. The molecule has 56 heavy (non-hydrogen) atoms. The first kappa shape index (κ1) is 32.2. The smallest absolute Gasteiger partial charge is 0.0719 e. The fraction of sp³-hybridized carbons (Fsp3) is 0.0377. The number of fused-ring (bicyclic) bond motifs is 7. The second kappa shape index (κ2) is 13.0. The summed E-state index contributed by atoms with van der Waals surface area (Å²) in [6, 6.07) is 70.4. The first-order valence-corrected chi connectivity index (χ1v) is 19.4. The molecular formula is C53H37N3. The topological polar surface area (TPSA) is 22.8 Å². The van der Waals surface area contributed by atoms with Crippen LogP contribution in [0.2, 0.25) is 0 Å². The van der Waals surface area contributed by atoms with Gasteiger partial charge in [0.25, 0.3) is 0 Å². The van der Waals surface area contributed by atoms with E-state index in [0.717, 1.165) is 45.5 Å². The summed E-state index contributed by atoms with van der Waals surface area (Å²) in [6.07, 6.45) is 0.907. The lowest BCUT2D eigenvalue weighted by Crippen LogP contribution is -1.99. The molecule has 0 amide bonds. The Morgan fingerprint density at radius 1 is 0.375 bits per heavy atom. The maximum atomic E-state index is 5.44. The zero-order chi connectivity index (χ0) is 37.2. The van der Waals surface area contributed by atoms with Crippen LogP contribution < -0.4 is 0 Å². The number of pyridine rings is 1. The standard InChI is InChI=1S/C53H37N3/c1-2-35-27-29-40(56-52-25-12-8-21-43(52)44-22-9-13-26-53(44)56)33-46(35)49-34-45(36-15-4-3-5-16-36)47-32-38(28-30-48(47)54-49)37-17-14-18-39(31-37)55-50-23-10-6-19-41(50)42-20-7-11-24-51(42)55/h3-34H,2H2,1H3. The van der Waals surface area contributed by atoms with Crippen LogP contribution in [0.1, 0.15) is 12.5 Å². The molecule has 0 unspecified atom stereocenters. The lowest BCUT2D eigenvalue weighted by molar-refractivity contribution is 1.12. The molecule has 3 heteroatoms. The van der Waals surface area contributed by atoms with Gasteiger partial charge in [-0.25, -0.2) is 4.98 Å². The van der Waals surface area contributed by atoms with Crippen molar-refractivity contribution in [1.82, 2.24) is 14.1 Å². The summed E-state index contributed by atoms with van der Waals surface area (Å²) in [5.41, 5.74) is 16.2. The Bertz CT molecular complexity index is 3190. The van der Waals surface area contributed by atoms with Crippen LogP contribution in [0.25, 0.3) is 99.4 Å². The molecule has 3 aromatic heterocycles. The molecule has 0 radical (unpaired) electrons. The number of benzene rings is 8. The van der Waals surface area contributed by atoms with Gasteiger partial charge in [-0.3, -0.25) is 0 Å². The molecule has 0 saturated carbocycles. The fourth-order valence-electron chi connectivity index (χ4n) is 8.88. The Hall–Kier alpha value is -7.23. The molecule has 0 fully saturated rings. The van der Waals surface area contributed by atoms with Crippen LogP contribution in [0.5, 0.6) is 0 Å². The lowest BCUT2D eigenvalue weighted by atomic mass is 9.93. The van der Waals surface area contributed by atoms with Crippen molar-refractivity contribution in [3.8, 4) is 44.9 Å². The largest absolute Gasteiger partial charge is 0.309 e. The van der Waals surface area contributed by atoms with Crippen LogP contribution in [-0.2, 0) is 6.42 Å². The molecule has 0 atom stereocenters. The molecule has 0 N–H and O–H groups in total. The Labute approximate surface area is 325 Å². The van der Waals surface area contributed by atoms with E-state index in [1.807, 2.05) is 0 Å². The van der Waals surface area contributed by atoms with E-state index >= 15 is 0 Å².